The summed E-state index contributed by atoms with van der Waals surface area (Å²) in [7, 11) is 0. The Kier molecular flexibility index (Phi) is 3.43. The Hall–Kier alpha value is -1.75. The molecule has 2 unspecified atom stereocenters. The average Bonchev–Trinajstić information content (AvgIpc) is 2.72. The van der Waals surface area contributed by atoms with Gasteiger partial charge in [0.2, 0.25) is 0 Å². The fraction of sp³-hybridized carbons (Fsp3) is 0.462. The summed E-state index contributed by atoms with van der Waals surface area (Å²) in [6, 6.07) is 3.63. The number of nitrogens with zero attached hydrogens (tertiary/aromatic N) is 1. The van der Waals surface area contributed by atoms with E-state index in [1.54, 1.807) is 4.90 Å². The lowest BCUT2D eigenvalue weighted by Gasteiger charge is -2.25. The molecule has 0 spiro atoms. The zero-order valence-corrected chi connectivity index (χ0v) is 10.2. The van der Waals surface area contributed by atoms with Crippen LogP contribution in [-0.4, -0.2) is 45.3 Å². The highest BCUT2D eigenvalue weighted by atomic mass is 16.3. The fourth-order valence-corrected chi connectivity index (χ4v) is 2.39. The van der Waals surface area contributed by atoms with Gasteiger partial charge in [-0.1, -0.05) is 6.92 Å². The average molecular weight is 251 g/mol. The van der Waals surface area contributed by atoms with Crippen molar-refractivity contribution in [3.8, 4) is 11.5 Å². The molecule has 1 aliphatic heterocycles. The Morgan fingerprint density at radius 3 is 2.83 bits per heavy atom. The van der Waals surface area contributed by atoms with Crippen LogP contribution in [0, 0.1) is 5.92 Å². The van der Waals surface area contributed by atoms with Crippen molar-refractivity contribution in [3.63, 3.8) is 0 Å². The molecule has 5 nitrogen and oxygen atoms in total. The van der Waals surface area contributed by atoms with E-state index in [4.69, 9.17) is 0 Å². The molecule has 3 N–H and O–H groups in total. The fourth-order valence-electron chi connectivity index (χ4n) is 2.39. The number of rotatable bonds is 2. The third kappa shape index (κ3) is 2.13. The van der Waals surface area contributed by atoms with E-state index in [1.165, 1.54) is 18.2 Å². The second-order valence-corrected chi connectivity index (χ2v) is 4.72. The molecule has 2 atom stereocenters. The Bertz CT molecular complexity index is 460. The summed E-state index contributed by atoms with van der Waals surface area (Å²) in [5.74, 6) is -0.344. The lowest BCUT2D eigenvalue weighted by Crippen LogP contribution is -2.39. The number of aliphatic hydroxyl groups is 1. The molecule has 0 bridgehead atoms. The van der Waals surface area contributed by atoms with Crippen molar-refractivity contribution in [2.24, 2.45) is 5.92 Å². The molecule has 1 aromatic carbocycles. The molecule has 1 aromatic rings. The van der Waals surface area contributed by atoms with Crippen LogP contribution >= 0.6 is 0 Å². The van der Waals surface area contributed by atoms with Crippen LogP contribution in [0.5, 0.6) is 11.5 Å². The summed E-state index contributed by atoms with van der Waals surface area (Å²) >= 11 is 0. The first-order valence-electron chi connectivity index (χ1n) is 5.98. The molecular formula is C13H17NO4. The number of likely N-dealkylation sites (tertiary alicyclic amines) is 1. The molecule has 1 amide bonds. The van der Waals surface area contributed by atoms with Crippen molar-refractivity contribution in [2.75, 3.05) is 13.2 Å². The molecule has 18 heavy (non-hydrogen) atoms. The molecular weight excluding hydrogens is 234 g/mol. The van der Waals surface area contributed by atoms with Gasteiger partial charge in [0.15, 0.2) is 0 Å². The molecule has 1 heterocycles. The summed E-state index contributed by atoms with van der Waals surface area (Å²) in [6.45, 7) is 2.45. The highest BCUT2D eigenvalue weighted by Gasteiger charge is 2.35. The monoisotopic (exact) mass is 251 g/mol. The van der Waals surface area contributed by atoms with Crippen LogP contribution in [0.4, 0.5) is 0 Å². The first-order valence-corrected chi connectivity index (χ1v) is 5.98. The maximum Gasteiger partial charge on any atom is 0.258 e. The number of aromatic hydroxyl groups is 2. The molecule has 1 saturated heterocycles. The molecule has 1 fully saturated rings. The van der Waals surface area contributed by atoms with Gasteiger partial charge < -0.3 is 20.2 Å². The number of phenols is 2. The normalized spacial score (nSPS) is 23.3. The molecule has 0 radical (unpaired) electrons. The van der Waals surface area contributed by atoms with Gasteiger partial charge >= 0.3 is 0 Å². The number of aliphatic hydroxyl groups excluding tert-OH is 1. The number of phenolic OH excluding ortho intramolecular Hbond substituents is 2. The van der Waals surface area contributed by atoms with Crippen LogP contribution in [0.15, 0.2) is 18.2 Å². The van der Waals surface area contributed by atoms with E-state index >= 15 is 0 Å². The maximum atomic E-state index is 12.3. The van der Waals surface area contributed by atoms with E-state index in [0.717, 1.165) is 6.42 Å². The van der Waals surface area contributed by atoms with E-state index in [0.29, 0.717) is 6.54 Å². The van der Waals surface area contributed by atoms with E-state index < -0.39 is 0 Å². The summed E-state index contributed by atoms with van der Waals surface area (Å²) in [4.78, 5) is 13.8. The van der Waals surface area contributed by atoms with E-state index in [2.05, 4.69) is 0 Å². The van der Waals surface area contributed by atoms with Gasteiger partial charge in [0.05, 0.1) is 18.2 Å². The van der Waals surface area contributed by atoms with Crippen molar-refractivity contribution in [2.45, 2.75) is 19.4 Å². The largest absolute Gasteiger partial charge is 0.508 e. The molecule has 1 aliphatic rings. The van der Waals surface area contributed by atoms with Gasteiger partial charge in [0.1, 0.15) is 11.5 Å². The van der Waals surface area contributed by atoms with Crippen LogP contribution in [0.25, 0.3) is 0 Å². The van der Waals surface area contributed by atoms with Gasteiger partial charge in [-0.25, -0.2) is 0 Å². The Morgan fingerprint density at radius 2 is 2.17 bits per heavy atom. The number of hydrogen-bond acceptors (Lipinski definition) is 4. The van der Waals surface area contributed by atoms with Crippen molar-refractivity contribution in [1.82, 2.24) is 4.90 Å². The Balaban J connectivity index is 2.28. The predicted octanol–water partition coefficient (Wildman–Crippen LogP) is 0.941. The second-order valence-electron chi connectivity index (χ2n) is 4.72. The van der Waals surface area contributed by atoms with Crippen LogP contribution in [0.1, 0.15) is 23.7 Å². The van der Waals surface area contributed by atoms with E-state index in [9.17, 15) is 20.1 Å². The van der Waals surface area contributed by atoms with E-state index in [1.807, 2.05) is 6.92 Å². The standard InChI is InChI=1S/C13H17NO4/c1-8-4-5-14(11(8)7-15)13(18)10-6-9(16)2-3-12(10)17/h2-3,6,8,11,15-17H,4-5,7H2,1H3. The third-order valence-electron chi connectivity index (χ3n) is 3.54. The minimum Gasteiger partial charge on any atom is -0.508 e. The van der Waals surface area contributed by atoms with Gasteiger partial charge in [-0.3, -0.25) is 4.79 Å². The van der Waals surface area contributed by atoms with Gasteiger partial charge in [-0.05, 0) is 30.5 Å². The van der Waals surface area contributed by atoms with Crippen molar-refractivity contribution < 1.29 is 20.1 Å². The highest BCUT2D eigenvalue weighted by Crippen LogP contribution is 2.29. The zero-order chi connectivity index (χ0) is 13.3. The first kappa shape index (κ1) is 12.7. The lowest BCUT2D eigenvalue weighted by atomic mass is 10.0. The number of amides is 1. The molecule has 0 saturated carbocycles. The summed E-state index contributed by atoms with van der Waals surface area (Å²) in [5.41, 5.74) is 0.0718. The SMILES string of the molecule is CC1CCN(C(=O)c2cc(O)ccc2O)C1CO. The van der Waals surface area contributed by atoms with Gasteiger partial charge in [0.25, 0.3) is 5.91 Å². The smallest absolute Gasteiger partial charge is 0.258 e. The topological polar surface area (TPSA) is 81.0 Å². The summed E-state index contributed by atoms with van der Waals surface area (Å²) in [6.07, 6.45) is 0.830. The lowest BCUT2D eigenvalue weighted by molar-refractivity contribution is 0.0645. The Morgan fingerprint density at radius 1 is 1.44 bits per heavy atom. The molecule has 0 aliphatic carbocycles. The highest BCUT2D eigenvalue weighted by molar-refractivity contribution is 5.97. The van der Waals surface area contributed by atoms with Crippen LogP contribution in [-0.2, 0) is 0 Å². The van der Waals surface area contributed by atoms with Gasteiger partial charge in [-0.2, -0.15) is 0 Å². The zero-order valence-electron chi connectivity index (χ0n) is 10.2. The number of hydrogen-bond donors (Lipinski definition) is 3. The minimum atomic E-state index is -0.355. The van der Waals surface area contributed by atoms with Crippen molar-refractivity contribution in [1.29, 1.82) is 0 Å². The minimum absolute atomic E-state index is 0.0658. The molecule has 2 rings (SSSR count). The quantitative estimate of drug-likeness (QED) is 0.683. The molecule has 0 aromatic heterocycles. The first-order chi connectivity index (χ1) is 8.54. The van der Waals surface area contributed by atoms with Gasteiger partial charge in [-0.15, -0.1) is 0 Å². The maximum absolute atomic E-state index is 12.3. The summed E-state index contributed by atoms with van der Waals surface area (Å²) < 4.78 is 0. The third-order valence-corrected chi connectivity index (χ3v) is 3.54. The van der Waals surface area contributed by atoms with Gasteiger partial charge in [0, 0.05) is 6.54 Å². The predicted molar refractivity (Wildman–Crippen MR) is 65.5 cm³/mol. The van der Waals surface area contributed by atoms with Crippen molar-refractivity contribution in [3.05, 3.63) is 23.8 Å². The number of carbonyl (C=O) groups excluding carboxylic acids is 1. The number of benzene rings is 1. The number of carbonyl (C=O) groups is 1. The molecule has 5 heteroatoms. The van der Waals surface area contributed by atoms with E-state index in [-0.39, 0.29) is 41.5 Å². The van der Waals surface area contributed by atoms with Crippen LogP contribution in [0.3, 0.4) is 0 Å². The van der Waals surface area contributed by atoms with Crippen LogP contribution in [0.2, 0.25) is 0 Å². The van der Waals surface area contributed by atoms with Crippen molar-refractivity contribution >= 4 is 5.91 Å². The van der Waals surface area contributed by atoms with Crippen LogP contribution < -0.4 is 0 Å². The Labute approximate surface area is 105 Å². The second kappa shape index (κ2) is 4.86. The molecule has 98 valence electrons. The summed E-state index contributed by atoms with van der Waals surface area (Å²) in [5, 5.41) is 28.4.